The number of hydrogen-bond donors (Lipinski definition) is 3. The minimum Gasteiger partial charge on any atom is -0.394 e. The Morgan fingerprint density at radius 1 is 1.34 bits per heavy atom. The van der Waals surface area contributed by atoms with Gasteiger partial charge in [0.2, 0.25) is 0 Å². The molecule has 0 saturated heterocycles. The van der Waals surface area contributed by atoms with Crippen molar-refractivity contribution in [3.05, 3.63) is 63.9 Å². The molecule has 3 N–H and O–H groups in total. The SMILES string of the molecule is Cc1cc(CC(O)CO)cnc1C1=CCN(C(=O)Nc2ccc(C(F)(F)F)c(Cl)c2)CC1. The van der Waals surface area contributed by atoms with E-state index < -0.39 is 28.9 Å². The van der Waals surface area contributed by atoms with E-state index in [0.29, 0.717) is 25.9 Å². The van der Waals surface area contributed by atoms with E-state index in [1.54, 1.807) is 6.20 Å². The van der Waals surface area contributed by atoms with Gasteiger partial charge in [-0.05, 0) is 48.2 Å². The predicted octanol–water partition coefficient (Wildman–Crippen LogP) is 4.28. The number of carbonyl (C=O) groups excluding carboxylic acids is 1. The predicted molar refractivity (Wildman–Crippen MR) is 115 cm³/mol. The Bertz CT molecular complexity index is 1030. The fourth-order valence-corrected chi connectivity index (χ4v) is 3.80. The van der Waals surface area contributed by atoms with Gasteiger partial charge in [0.05, 0.1) is 29.0 Å². The third-order valence-electron chi connectivity index (χ3n) is 5.14. The summed E-state index contributed by atoms with van der Waals surface area (Å²) in [5.74, 6) is 0. The van der Waals surface area contributed by atoms with Crippen LogP contribution < -0.4 is 5.32 Å². The summed E-state index contributed by atoms with van der Waals surface area (Å²) in [6.07, 6.45) is -0.964. The molecule has 1 aliphatic heterocycles. The number of pyridine rings is 1. The van der Waals surface area contributed by atoms with Gasteiger partial charge in [0.15, 0.2) is 0 Å². The number of hydrogen-bond acceptors (Lipinski definition) is 4. The smallest absolute Gasteiger partial charge is 0.394 e. The average Bonchev–Trinajstić information content (AvgIpc) is 2.73. The van der Waals surface area contributed by atoms with Gasteiger partial charge < -0.3 is 20.4 Å². The van der Waals surface area contributed by atoms with Crippen molar-refractivity contribution in [2.24, 2.45) is 0 Å². The maximum absolute atomic E-state index is 12.8. The fourth-order valence-electron chi connectivity index (χ4n) is 3.51. The van der Waals surface area contributed by atoms with Gasteiger partial charge in [0, 0.05) is 31.4 Å². The molecule has 0 radical (unpaired) electrons. The first-order valence-corrected chi connectivity index (χ1v) is 10.3. The summed E-state index contributed by atoms with van der Waals surface area (Å²) in [5, 5.41) is 20.7. The van der Waals surface area contributed by atoms with Crippen LogP contribution in [0.4, 0.5) is 23.7 Å². The van der Waals surface area contributed by atoms with E-state index in [4.69, 9.17) is 16.7 Å². The quantitative estimate of drug-likeness (QED) is 0.610. The normalized spacial score (nSPS) is 15.3. The summed E-state index contributed by atoms with van der Waals surface area (Å²) in [6, 6.07) is 4.56. The van der Waals surface area contributed by atoms with Gasteiger partial charge in [0.25, 0.3) is 0 Å². The van der Waals surface area contributed by atoms with Gasteiger partial charge in [0.1, 0.15) is 0 Å². The Morgan fingerprint density at radius 3 is 2.66 bits per heavy atom. The minimum absolute atomic E-state index is 0.181. The van der Waals surface area contributed by atoms with Gasteiger partial charge in [-0.25, -0.2) is 4.79 Å². The molecule has 0 spiro atoms. The fraction of sp³-hybridized carbons (Fsp3) is 0.364. The number of aliphatic hydroxyl groups is 2. The summed E-state index contributed by atoms with van der Waals surface area (Å²) in [4.78, 5) is 18.5. The van der Waals surface area contributed by atoms with Gasteiger partial charge in [-0.2, -0.15) is 13.2 Å². The highest BCUT2D eigenvalue weighted by Crippen LogP contribution is 2.36. The number of benzene rings is 1. The van der Waals surface area contributed by atoms with E-state index in [-0.39, 0.29) is 12.3 Å². The molecule has 2 amide bonds. The van der Waals surface area contributed by atoms with Crippen LogP contribution in [0.5, 0.6) is 0 Å². The molecule has 172 valence electrons. The van der Waals surface area contributed by atoms with Crippen molar-refractivity contribution in [1.82, 2.24) is 9.88 Å². The summed E-state index contributed by atoms with van der Waals surface area (Å²) in [6.45, 7) is 2.33. The molecule has 1 atom stereocenters. The lowest BCUT2D eigenvalue weighted by Crippen LogP contribution is -2.38. The van der Waals surface area contributed by atoms with Crippen molar-refractivity contribution in [3.63, 3.8) is 0 Å². The van der Waals surface area contributed by atoms with Gasteiger partial charge in [-0.1, -0.05) is 23.7 Å². The zero-order valence-electron chi connectivity index (χ0n) is 17.3. The molecule has 0 fully saturated rings. The molecular weight excluding hydrogens is 447 g/mol. The van der Waals surface area contributed by atoms with Crippen molar-refractivity contribution in [2.75, 3.05) is 25.0 Å². The van der Waals surface area contributed by atoms with Gasteiger partial charge in [-0.15, -0.1) is 0 Å². The monoisotopic (exact) mass is 469 g/mol. The highest BCUT2D eigenvalue weighted by atomic mass is 35.5. The van der Waals surface area contributed by atoms with Crippen molar-refractivity contribution in [1.29, 1.82) is 0 Å². The lowest BCUT2D eigenvalue weighted by molar-refractivity contribution is -0.137. The van der Waals surface area contributed by atoms with Crippen LogP contribution in [0.25, 0.3) is 5.57 Å². The number of halogens is 4. The van der Waals surface area contributed by atoms with Crippen LogP contribution in [-0.4, -0.2) is 51.9 Å². The first kappa shape index (κ1) is 24.0. The van der Waals surface area contributed by atoms with Crippen molar-refractivity contribution in [3.8, 4) is 0 Å². The Kier molecular flexibility index (Phi) is 7.43. The van der Waals surface area contributed by atoms with E-state index >= 15 is 0 Å². The van der Waals surface area contributed by atoms with E-state index in [0.717, 1.165) is 34.5 Å². The first-order chi connectivity index (χ1) is 15.1. The highest BCUT2D eigenvalue weighted by molar-refractivity contribution is 6.31. The molecule has 1 unspecified atom stereocenters. The molecular formula is C22H23ClF3N3O3. The molecule has 2 heterocycles. The van der Waals surface area contributed by atoms with Crippen LogP contribution in [0.3, 0.4) is 0 Å². The van der Waals surface area contributed by atoms with E-state index in [1.165, 1.54) is 11.0 Å². The summed E-state index contributed by atoms with van der Waals surface area (Å²) in [5.41, 5.74) is 2.76. The second kappa shape index (κ2) is 9.89. The summed E-state index contributed by atoms with van der Waals surface area (Å²) in [7, 11) is 0. The molecule has 3 rings (SSSR count). The third-order valence-corrected chi connectivity index (χ3v) is 5.46. The zero-order chi connectivity index (χ0) is 23.5. The third kappa shape index (κ3) is 5.79. The second-order valence-corrected chi connectivity index (χ2v) is 8.00. The molecule has 0 bridgehead atoms. The molecule has 6 nitrogen and oxygen atoms in total. The van der Waals surface area contributed by atoms with E-state index in [9.17, 15) is 23.1 Å². The van der Waals surface area contributed by atoms with Gasteiger partial charge in [-0.3, -0.25) is 4.98 Å². The van der Waals surface area contributed by atoms with Crippen LogP contribution in [0.1, 0.15) is 28.8 Å². The Labute approximate surface area is 188 Å². The molecule has 1 aromatic carbocycles. The number of aliphatic hydroxyl groups excluding tert-OH is 2. The number of nitrogens with zero attached hydrogens (tertiary/aromatic N) is 2. The number of nitrogens with one attached hydrogen (secondary N) is 1. The highest BCUT2D eigenvalue weighted by Gasteiger charge is 2.33. The number of aromatic nitrogens is 1. The Morgan fingerprint density at radius 2 is 2.09 bits per heavy atom. The standard InChI is InChI=1S/C22H23ClF3N3O3/c1-13-8-14(9-17(31)12-30)11-27-20(13)15-4-6-29(7-5-15)21(32)28-16-2-3-18(19(23)10-16)22(24,25)26/h2-4,8,10-11,17,30-31H,5-7,9,12H2,1H3,(H,28,32). The van der Waals surface area contributed by atoms with Crippen molar-refractivity contribution < 1.29 is 28.2 Å². The molecule has 0 aliphatic carbocycles. The number of rotatable bonds is 5. The lowest BCUT2D eigenvalue weighted by Gasteiger charge is -2.27. The molecule has 2 aromatic rings. The minimum atomic E-state index is -4.56. The maximum Gasteiger partial charge on any atom is 0.417 e. The Balaban J connectivity index is 1.64. The molecule has 1 aliphatic rings. The Hall–Kier alpha value is -2.62. The number of alkyl halides is 3. The number of carbonyl (C=O) groups is 1. The second-order valence-electron chi connectivity index (χ2n) is 7.60. The van der Waals surface area contributed by atoms with E-state index in [1.807, 2.05) is 19.1 Å². The molecule has 1 aromatic heterocycles. The zero-order valence-corrected chi connectivity index (χ0v) is 18.0. The van der Waals surface area contributed by atoms with E-state index in [2.05, 4.69) is 10.3 Å². The average molecular weight is 470 g/mol. The topological polar surface area (TPSA) is 85.7 Å². The van der Waals surface area contributed by atoms with Crippen LogP contribution >= 0.6 is 11.6 Å². The maximum atomic E-state index is 12.8. The number of amides is 2. The largest absolute Gasteiger partial charge is 0.417 e. The molecule has 10 heteroatoms. The summed E-state index contributed by atoms with van der Waals surface area (Å²) >= 11 is 5.70. The first-order valence-electron chi connectivity index (χ1n) is 9.95. The molecule has 0 saturated carbocycles. The number of anilines is 1. The lowest BCUT2D eigenvalue weighted by atomic mass is 9.99. The van der Waals surface area contributed by atoms with Gasteiger partial charge >= 0.3 is 12.2 Å². The van der Waals surface area contributed by atoms with Crippen LogP contribution in [0.2, 0.25) is 5.02 Å². The molecule has 32 heavy (non-hydrogen) atoms. The number of aryl methyl sites for hydroxylation is 1. The van der Waals surface area contributed by atoms with Crippen LogP contribution in [0.15, 0.2) is 36.5 Å². The summed E-state index contributed by atoms with van der Waals surface area (Å²) < 4.78 is 38.5. The van der Waals surface area contributed by atoms with Crippen LogP contribution in [-0.2, 0) is 12.6 Å². The van der Waals surface area contributed by atoms with Crippen molar-refractivity contribution in [2.45, 2.75) is 32.0 Å². The van der Waals surface area contributed by atoms with Crippen molar-refractivity contribution >= 4 is 28.9 Å². The van der Waals surface area contributed by atoms with Crippen LogP contribution in [0, 0.1) is 6.92 Å². The number of urea groups is 1.